The van der Waals surface area contributed by atoms with E-state index in [0.717, 1.165) is 5.56 Å². The number of pyridine rings is 1. The van der Waals surface area contributed by atoms with Gasteiger partial charge in [-0.2, -0.15) is 10.4 Å². The molecule has 2 rings (SSSR count). The van der Waals surface area contributed by atoms with Gasteiger partial charge in [0.05, 0.1) is 19.4 Å². The van der Waals surface area contributed by atoms with Gasteiger partial charge in [0.2, 0.25) is 0 Å². The van der Waals surface area contributed by atoms with Crippen LogP contribution in [0.1, 0.15) is 43.2 Å². The number of aromatic nitrogens is 1. The molecule has 0 N–H and O–H groups in total. The summed E-state index contributed by atoms with van der Waals surface area (Å²) in [6, 6.07) is 9.22. The molecule has 0 saturated carbocycles. The molecule has 0 bridgehead atoms. The number of ether oxygens (including phenoxy) is 2. The molecule has 0 amide bonds. The van der Waals surface area contributed by atoms with Crippen molar-refractivity contribution < 1.29 is 9.47 Å². The first-order chi connectivity index (χ1) is 12.9. The Kier molecular flexibility index (Phi) is 6.78. The summed E-state index contributed by atoms with van der Waals surface area (Å²) in [5.74, 6) is 1.72. The van der Waals surface area contributed by atoms with E-state index < -0.39 is 5.56 Å². The lowest BCUT2D eigenvalue weighted by Gasteiger charge is -2.14. The first-order valence-electron chi connectivity index (χ1n) is 8.94. The van der Waals surface area contributed by atoms with E-state index in [1.165, 1.54) is 4.68 Å². The number of aryl methyl sites for hydroxylation is 2. The van der Waals surface area contributed by atoms with Crippen LogP contribution in [0.5, 0.6) is 11.5 Å². The number of hydrogen-bond donors (Lipinski definition) is 0. The van der Waals surface area contributed by atoms with Gasteiger partial charge in [0.15, 0.2) is 11.5 Å². The van der Waals surface area contributed by atoms with E-state index in [1.807, 2.05) is 31.2 Å². The summed E-state index contributed by atoms with van der Waals surface area (Å²) >= 11 is 0. The zero-order valence-corrected chi connectivity index (χ0v) is 16.4. The van der Waals surface area contributed by atoms with Gasteiger partial charge in [-0.05, 0) is 62.1 Å². The largest absolute Gasteiger partial charge is 0.490 e. The van der Waals surface area contributed by atoms with Crippen LogP contribution in [0.25, 0.3) is 0 Å². The van der Waals surface area contributed by atoms with Gasteiger partial charge in [-0.3, -0.25) is 4.79 Å². The molecule has 1 aromatic heterocycles. The van der Waals surface area contributed by atoms with E-state index in [2.05, 4.69) is 18.9 Å². The third kappa shape index (κ3) is 4.98. The van der Waals surface area contributed by atoms with Crippen LogP contribution in [0.3, 0.4) is 0 Å². The maximum atomic E-state index is 12.4. The molecule has 27 heavy (non-hydrogen) atoms. The number of benzene rings is 1. The second-order valence-electron chi connectivity index (χ2n) is 6.66. The van der Waals surface area contributed by atoms with E-state index in [0.29, 0.717) is 41.9 Å². The summed E-state index contributed by atoms with van der Waals surface area (Å²) in [6.45, 7) is 10.7. The summed E-state index contributed by atoms with van der Waals surface area (Å²) in [6.07, 6.45) is 1.57. The van der Waals surface area contributed by atoms with E-state index >= 15 is 0 Å². The Hall–Kier alpha value is -3.07. The van der Waals surface area contributed by atoms with Crippen LogP contribution in [-0.2, 0) is 0 Å². The van der Waals surface area contributed by atoms with E-state index in [-0.39, 0.29) is 5.56 Å². The third-order valence-electron chi connectivity index (χ3n) is 3.83. The Morgan fingerprint density at radius 2 is 1.96 bits per heavy atom. The van der Waals surface area contributed by atoms with Crippen LogP contribution in [0.2, 0.25) is 0 Å². The van der Waals surface area contributed by atoms with Crippen molar-refractivity contribution in [1.29, 1.82) is 5.26 Å². The van der Waals surface area contributed by atoms with Gasteiger partial charge in [-0.15, -0.1) is 0 Å². The third-order valence-corrected chi connectivity index (χ3v) is 3.83. The van der Waals surface area contributed by atoms with Crippen molar-refractivity contribution in [3.63, 3.8) is 0 Å². The minimum atomic E-state index is -0.423. The fraction of sp³-hybridized carbons (Fsp3) is 0.381. The molecule has 0 atom stereocenters. The van der Waals surface area contributed by atoms with Crippen LogP contribution in [-0.4, -0.2) is 24.1 Å². The minimum absolute atomic E-state index is 0.102. The molecule has 0 aliphatic carbocycles. The normalized spacial score (nSPS) is 11.0. The van der Waals surface area contributed by atoms with Crippen molar-refractivity contribution in [2.75, 3.05) is 13.2 Å². The molecule has 0 fully saturated rings. The summed E-state index contributed by atoms with van der Waals surface area (Å²) in [5.41, 5.74) is 1.76. The molecule has 6 nitrogen and oxygen atoms in total. The van der Waals surface area contributed by atoms with E-state index in [4.69, 9.17) is 14.7 Å². The van der Waals surface area contributed by atoms with E-state index in [9.17, 15) is 4.79 Å². The van der Waals surface area contributed by atoms with Crippen LogP contribution in [0, 0.1) is 31.1 Å². The Bertz CT molecular complexity index is 937. The first kappa shape index (κ1) is 20.2. The summed E-state index contributed by atoms with van der Waals surface area (Å²) in [7, 11) is 0. The average Bonchev–Trinajstić information content (AvgIpc) is 2.61. The predicted molar refractivity (Wildman–Crippen MR) is 106 cm³/mol. The van der Waals surface area contributed by atoms with Crippen LogP contribution >= 0.6 is 0 Å². The van der Waals surface area contributed by atoms with Crippen molar-refractivity contribution in [3.05, 3.63) is 57.0 Å². The number of hydrogen-bond acceptors (Lipinski definition) is 5. The number of nitriles is 1. The first-order valence-corrected chi connectivity index (χ1v) is 8.94. The van der Waals surface area contributed by atoms with Crippen LogP contribution < -0.4 is 15.0 Å². The Labute approximate surface area is 159 Å². The molecular formula is C21H25N3O3. The lowest BCUT2D eigenvalue weighted by atomic mass is 10.1. The number of rotatable bonds is 7. The van der Waals surface area contributed by atoms with Gasteiger partial charge in [-0.25, -0.2) is 4.68 Å². The van der Waals surface area contributed by atoms with E-state index in [1.54, 1.807) is 26.1 Å². The molecule has 142 valence electrons. The van der Waals surface area contributed by atoms with Gasteiger partial charge in [0, 0.05) is 5.69 Å². The fourth-order valence-corrected chi connectivity index (χ4v) is 2.53. The van der Waals surface area contributed by atoms with Gasteiger partial charge in [0.25, 0.3) is 5.56 Å². The highest BCUT2D eigenvalue weighted by molar-refractivity contribution is 5.80. The van der Waals surface area contributed by atoms with Crippen LogP contribution in [0.15, 0.2) is 34.2 Å². The standard InChI is InChI=1S/C21H25N3O3/c1-6-26-20-10-17(7-8-19(20)27-13-14(2)3)12-23-24-16(5)9-15(4)18(11-22)21(24)25/h7-10,12,14H,6,13H2,1-5H3. The van der Waals surface area contributed by atoms with Crippen molar-refractivity contribution in [1.82, 2.24) is 4.68 Å². The molecule has 0 spiro atoms. The van der Waals surface area contributed by atoms with Gasteiger partial charge in [0.1, 0.15) is 11.6 Å². The van der Waals surface area contributed by atoms with Crippen molar-refractivity contribution >= 4 is 6.21 Å². The molecule has 1 heterocycles. The lowest BCUT2D eigenvalue weighted by Crippen LogP contribution is -2.22. The quantitative estimate of drug-likeness (QED) is 0.700. The molecule has 0 aliphatic rings. The number of nitrogens with zero attached hydrogens (tertiary/aromatic N) is 3. The minimum Gasteiger partial charge on any atom is -0.490 e. The lowest BCUT2D eigenvalue weighted by molar-refractivity contribution is 0.248. The zero-order chi connectivity index (χ0) is 20.0. The van der Waals surface area contributed by atoms with Crippen molar-refractivity contribution in [2.45, 2.75) is 34.6 Å². The Morgan fingerprint density at radius 3 is 2.59 bits per heavy atom. The highest BCUT2D eigenvalue weighted by atomic mass is 16.5. The molecule has 1 aromatic carbocycles. The van der Waals surface area contributed by atoms with Gasteiger partial charge >= 0.3 is 0 Å². The molecule has 0 radical (unpaired) electrons. The van der Waals surface area contributed by atoms with Gasteiger partial charge < -0.3 is 9.47 Å². The average molecular weight is 367 g/mol. The van der Waals surface area contributed by atoms with Crippen molar-refractivity contribution in [2.24, 2.45) is 11.0 Å². The monoisotopic (exact) mass is 367 g/mol. The van der Waals surface area contributed by atoms with Crippen molar-refractivity contribution in [3.8, 4) is 17.6 Å². The topological polar surface area (TPSA) is 76.6 Å². The molecule has 0 aliphatic heterocycles. The molecule has 2 aromatic rings. The highest BCUT2D eigenvalue weighted by Crippen LogP contribution is 2.28. The second kappa shape index (κ2) is 9.04. The smallest absolute Gasteiger partial charge is 0.289 e. The van der Waals surface area contributed by atoms with Gasteiger partial charge in [-0.1, -0.05) is 13.8 Å². The summed E-state index contributed by atoms with van der Waals surface area (Å²) < 4.78 is 12.7. The summed E-state index contributed by atoms with van der Waals surface area (Å²) in [5, 5.41) is 13.4. The second-order valence-corrected chi connectivity index (χ2v) is 6.66. The molecule has 0 saturated heterocycles. The fourth-order valence-electron chi connectivity index (χ4n) is 2.53. The Balaban J connectivity index is 2.36. The SMILES string of the molecule is CCOc1cc(C=Nn2c(C)cc(C)c(C#N)c2=O)ccc1OCC(C)C. The predicted octanol–water partition coefficient (Wildman–Crippen LogP) is 3.65. The zero-order valence-electron chi connectivity index (χ0n) is 16.4. The maximum Gasteiger partial charge on any atom is 0.289 e. The molecule has 0 unspecified atom stereocenters. The Morgan fingerprint density at radius 1 is 1.22 bits per heavy atom. The van der Waals surface area contributed by atoms with Crippen LogP contribution in [0.4, 0.5) is 0 Å². The summed E-state index contributed by atoms with van der Waals surface area (Å²) in [4.78, 5) is 12.4. The molecule has 6 heteroatoms. The maximum absolute atomic E-state index is 12.4. The highest BCUT2D eigenvalue weighted by Gasteiger charge is 2.10. The molecular weight excluding hydrogens is 342 g/mol.